The summed E-state index contributed by atoms with van der Waals surface area (Å²) in [4.78, 5) is 14.3. The molecule has 0 saturated carbocycles. The van der Waals surface area contributed by atoms with Crippen LogP contribution in [0.1, 0.15) is 12.0 Å². The molecule has 0 unspecified atom stereocenters. The van der Waals surface area contributed by atoms with Crippen molar-refractivity contribution < 1.29 is 0 Å². The van der Waals surface area contributed by atoms with Gasteiger partial charge in [-0.05, 0) is 44.6 Å². The molecule has 0 N–H and O–H groups in total. The number of nitriles is 1. The van der Waals surface area contributed by atoms with E-state index in [1.54, 1.807) is 10.6 Å². The zero-order valence-corrected chi connectivity index (χ0v) is 11.3. The largest absolute Gasteiger partial charge is 0.309 e. The molecule has 4 nitrogen and oxygen atoms in total. The van der Waals surface area contributed by atoms with Crippen LogP contribution in [0, 0.1) is 11.3 Å². The zero-order valence-electron chi connectivity index (χ0n) is 11.3. The molecule has 1 heterocycles. The second-order valence-corrected chi connectivity index (χ2v) is 4.84. The normalized spacial score (nSPS) is 10.8. The lowest BCUT2D eigenvalue weighted by Crippen LogP contribution is -2.25. The van der Waals surface area contributed by atoms with Crippen LogP contribution in [0.4, 0.5) is 0 Å². The molecule has 0 aliphatic heterocycles. The number of hydrogen-bond donors (Lipinski definition) is 0. The third-order valence-electron chi connectivity index (χ3n) is 3.11. The summed E-state index contributed by atoms with van der Waals surface area (Å²) >= 11 is 0. The average molecular weight is 255 g/mol. The van der Waals surface area contributed by atoms with Crippen molar-refractivity contribution in [3.05, 3.63) is 46.2 Å². The van der Waals surface area contributed by atoms with Crippen molar-refractivity contribution in [3.63, 3.8) is 0 Å². The third kappa shape index (κ3) is 2.83. The van der Waals surface area contributed by atoms with E-state index in [2.05, 4.69) is 4.90 Å². The van der Waals surface area contributed by atoms with Gasteiger partial charge in [0, 0.05) is 6.54 Å². The van der Waals surface area contributed by atoms with Gasteiger partial charge in [-0.15, -0.1) is 0 Å². The monoisotopic (exact) mass is 255 g/mol. The quantitative estimate of drug-likeness (QED) is 0.837. The van der Waals surface area contributed by atoms with Crippen molar-refractivity contribution in [1.29, 1.82) is 5.26 Å². The SMILES string of the molecule is CN(C)CCCn1c(=O)c(C#N)cc2ccccc21. The maximum absolute atomic E-state index is 12.2. The predicted octanol–water partition coefficient (Wildman–Crippen LogP) is 1.82. The van der Waals surface area contributed by atoms with Gasteiger partial charge in [0.1, 0.15) is 11.6 Å². The van der Waals surface area contributed by atoms with Gasteiger partial charge >= 0.3 is 0 Å². The van der Waals surface area contributed by atoms with E-state index in [9.17, 15) is 4.79 Å². The molecule has 1 aromatic carbocycles. The Kier molecular flexibility index (Phi) is 3.98. The van der Waals surface area contributed by atoms with Crippen molar-refractivity contribution in [3.8, 4) is 6.07 Å². The highest BCUT2D eigenvalue weighted by Gasteiger charge is 2.08. The predicted molar refractivity (Wildman–Crippen MR) is 76.1 cm³/mol. The molecule has 0 amide bonds. The molecule has 1 aromatic heterocycles. The maximum atomic E-state index is 12.2. The summed E-state index contributed by atoms with van der Waals surface area (Å²) in [7, 11) is 4.01. The van der Waals surface area contributed by atoms with Crippen LogP contribution in [0.25, 0.3) is 10.9 Å². The van der Waals surface area contributed by atoms with Gasteiger partial charge in [0.2, 0.25) is 0 Å². The van der Waals surface area contributed by atoms with Gasteiger partial charge in [-0.25, -0.2) is 0 Å². The topological polar surface area (TPSA) is 49.0 Å². The van der Waals surface area contributed by atoms with Crippen molar-refractivity contribution in [2.45, 2.75) is 13.0 Å². The lowest BCUT2D eigenvalue weighted by atomic mass is 10.1. The number of aromatic nitrogens is 1. The number of benzene rings is 1. The first-order valence-electron chi connectivity index (χ1n) is 6.31. The van der Waals surface area contributed by atoms with E-state index in [0.29, 0.717) is 6.54 Å². The van der Waals surface area contributed by atoms with E-state index < -0.39 is 0 Å². The minimum atomic E-state index is -0.194. The molecule has 0 radical (unpaired) electrons. The van der Waals surface area contributed by atoms with E-state index in [4.69, 9.17) is 5.26 Å². The van der Waals surface area contributed by atoms with Crippen LogP contribution in [-0.4, -0.2) is 30.1 Å². The Morgan fingerprint density at radius 2 is 2.05 bits per heavy atom. The molecule has 98 valence electrons. The fourth-order valence-corrected chi connectivity index (χ4v) is 2.17. The number of nitrogens with zero attached hydrogens (tertiary/aromatic N) is 3. The molecule has 0 bridgehead atoms. The summed E-state index contributed by atoms with van der Waals surface area (Å²) in [6.45, 7) is 1.55. The standard InChI is InChI=1S/C15H17N3O/c1-17(2)8-5-9-18-14-7-4-3-6-12(14)10-13(11-16)15(18)19/h3-4,6-7,10H,5,8-9H2,1-2H3. The lowest BCUT2D eigenvalue weighted by Gasteiger charge is -2.13. The second-order valence-electron chi connectivity index (χ2n) is 4.84. The van der Waals surface area contributed by atoms with E-state index in [-0.39, 0.29) is 11.1 Å². The molecular formula is C15H17N3O. The molecule has 0 aliphatic rings. The average Bonchev–Trinajstić information content (AvgIpc) is 2.40. The first-order chi connectivity index (χ1) is 9.13. The minimum Gasteiger partial charge on any atom is -0.309 e. The molecule has 0 fully saturated rings. The Labute approximate surface area is 112 Å². The van der Waals surface area contributed by atoms with Crippen LogP contribution >= 0.6 is 0 Å². The maximum Gasteiger partial charge on any atom is 0.268 e. The van der Waals surface area contributed by atoms with Gasteiger partial charge in [0.15, 0.2) is 0 Å². The number of para-hydroxylation sites is 1. The molecule has 0 spiro atoms. The number of aryl methyl sites for hydroxylation is 1. The Morgan fingerprint density at radius 1 is 1.32 bits per heavy atom. The Balaban J connectivity index is 2.48. The van der Waals surface area contributed by atoms with E-state index >= 15 is 0 Å². The van der Waals surface area contributed by atoms with Crippen molar-refractivity contribution in [2.24, 2.45) is 0 Å². The molecule has 19 heavy (non-hydrogen) atoms. The number of pyridine rings is 1. The van der Waals surface area contributed by atoms with Crippen LogP contribution in [-0.2, 0) is 6.54 Å². The van der Waals surface area contributed by atoms with Gasteiger partial charge in [-0.2, -0.15) is 5.26 Å². The van der Waals surface area contributed by atoms with E-state index in [1.807, 2.05) is 44.4 Å². The molecule has 2 aromatic rings. The first-order valence-corrected chi connectivity index (χ1v) is 6.31. The summed E-state index contributed by atoms with van der Waals surface area (Å²) in [5.74, 6) is 0. The Bertz CT molecular complexity index is 680. The third-order valence-corrected chi connectivity index (χ3v) is 3.11. The van der Waals surface area contributed by atoms with Crippen molar-refractivity contribution in [1.82, 2.24) is 9.47 Å². The fourth-order valence-electron chi connectivity index (χ4n) is 2.17. The highest BCUT2D eigenvalue weighted by molar-refractivity contribution is 5.80. The van der Waals surface area contributed by atoms with Gasteiger partial charge < -0.3 is 9.47 Å². The summed E-state index contributed by atoms with van der Waals surface area (Å²) in [5.41, 5.74) is 0.911. The molecular weight excluding hydrogens is 238 g/mol. The smallest absolute Gasteiger partial charge is 0.268 e. The zero-order chi connectivity index (χ0) is 13.8. The van der Waals surface area contributed by atoms with Crippen LogP contribution in [0.2, 0.25) is 0 Å². The van der Waals surface area contributed by atoms with Crippen LogP contribution in [0.3, 0.4) is 0 Å². The summed E-state index contributed by atoms with van der Waals surface area (Å²) in [6, 6.07) is 11.3. The first kappa shape index (κ1) is 13.3. The van der Waals surface area contributed by atoms with Gasteiger partial charge in [-0.3, -0.25) is 4.79 Å². The molecule has 4 heteroatoms. The molecule has 2 rings (SSSR count). The van der Waals surface area contributed by atoms with Gasteiger partial charge in [0.25, 0.3) is 5.56 Å². The van der Waals surface area contributed by atoms with Crippen molar-refractivity contribution >= 4 is 10.9 Å². The molecule has 0 atom stereocenters. The van der Waals surface area contributed by atoms with Crippen molar-refractivity contribution in [2.75, 3.05) is 20.6 Å². The van der Waals surface area contributed by atoms with Crippen LogP contribution in [0.5, 0.6) is 0 Å². The second kappa shape index (κ2) is 5.68. The summed E-state index contributed by atoms with van der Waals surface area (Å²) in [5, 5.41) is 9.98. The minimum absolute atomic E-state index is 0.194. The molecule has 0 aliphatic carbocycles. The van der Waals surface area contributed by atoms with Gasteiger partial charge in [-0.1, -0.05) is 18.2 Å². The van der Waals surface area contributed by atoms with E-state index in [1.165, 1.54) is 0 Å². The Morgan fingerprint density at radius 3 is 2.74 bits per heavy atom. The Hall–Kier alpha value is -2.12. The number of fused-ring (bicyclic) bond motifs is 1. The van der Waals surface area contributed by atoms with Crippen LogP contribution < -0.4 is 5.56 Å². The number of hydrogen-bond acceptors (Lipinski definition) is 3. The van der Waals surface area contributed by atoms with E-state index in [0.717, 1.165) is 23.9 Å². The lowest BCUT2D eigenvalue weighted by molar-refractivity contribution is 0.386. The number of rotatable bonds is 4. The highest BCUT2D eigenvalue weighted by atomic mass is 16.1. The summed E-state index contributed by atoms with van der Waals surface area (Å²) in [6.07, 6.45) is 0.881. The highest BCUT2D eigenvalue weighted by Crippen LogP contribution is 2.13. The van der Waals surface area contributed by atoms with Gasteiger partial charge in [0.05, 0.1) is 5.52 Å². The fraction of sp³-hybridized carbons (Fsp3) is 0.333. The molecule has 0 saturated heterocycles. The van der Waals surface area contributed by atoms with Crippen LogP contribution in [0.15, 0.2) is 35.1 Å². The summed E-state index contributed by atoms with van der Waals surface area (Å²) < 4.78 is 1.71.